The summed E-state index contributed by atoms with van der Waals surface area (Å²) in [5.41, 5.74) is 6.98. The zero-order chi connectivity index (χ0) is 10.6. The van der Waals surface area contributed by atoms with Crippen molar-refractivity contribution in [3.63, 3.8) is 0 Å². The van der Waals surface area contributed by atoms with E-state index in [1.54, 1.807) is 6.07 Å². The van der Waals surface area contributed by atoms with Gasteiger partial charge in [0.1, 0.15) is 0 Å². The molecule has 0 fully saturated rings. The lowest BCUT2D eigenvalue weighted by molar-refractivity contribution is 0.616. The van der Waals surface area contributed by atoms with Gasteiger partial charge in [-0.25, -0.2) is 0 Å². The van der Waals surface area contributed by atoms with Gasteiger partial charge in [-0.15, -0.1) is 0 Å². The maximum Gasteiger partial charge on any atom is 0.0595 e. The Kier molecular flexibility index (Phi) is 4.69. The van der Waals surface area contributed by atoms with Crippen LogP contribution in [0.4, 0.5) is 0 Å². The van der Waals surface area contributed by atoms with Crippen molar-refractivity contribution >= 4 is 23.2 Å². The van der Waals surface area contributed by atoms with E-state index in [0.29, 0.717) is 10.0 Å². The first-order valence-corrected chi connectivity index (χ1v) is 5.26. The van der Waals surface area contributed by atoms with E-state index in [2.05, 4.69) is 5.32 Å². The Balaban J connectivity index is 2.70. The number of hydrogen-bond acceptors (Lipinski definition) is 2. The first-order valence-electron chi connectivity index (χ1n) is 4.50. The average Bonchev–Trinajstić information content (AvgIpc) is 2.18. The standard InChI is InChI=1S/C10H14Cl2N2/c1-14-5-4-10(13)7-2-3-8(11)9(12)6-7/h2-3,6,10,14H,4-5,13H2,1H3/t10-/m1/s1. The highest BCUT2D eigenvalue weighted by molar-refractivity contribution is 6.42. The molecule has 1 atom stereocenters. The van der Waals surface area contributed by atoms with Gasteiger partial charge in [0, 0.05) is 6.04 Å². The third-order valence-electron chi connectivity index (χ3n) is 2.08. The second kappa shape index (κ2) is 5.56. The molecular formula is C10H14Cl2N2. The fraction of sp³-hybridized carbons (Fsp3) is 0.400. The molecule has 4 heteroatoms. The molecule has 0 saturated heterocycles. The maximum atomic E-state index is 5.96. The molecule has 0 aliphatic rings. The van der Waals surface area contributed by atoms with Gasteiger partial charge in [0.25, 0.3) is 0 Å². The first-order chi connectivity index (χ1) is 6.65. The van der Waals surface area contributed by atoms with E-state index >= 15 is 0 Å². The quantitative estimate of drug-likeness (QED) is 0.838. The molecule has 0 aromatic heterocycles. The lowest BCUT2D eigenvalue weighted by Gasteiger charge is -2.12. The highest BCUT2D eigenvalue weighted by Gasteiger charge is 2.07. The molecule has 1 rings (SSSR count). The smallest absolute Gasteiger partial charge is 0.0595 e. The molecule has 0 spiro atoms. The molecule has 0 amide bonds. The third-order valence-corrected chi connectivity index (χ3v) is 2.82. The number of hydrogen-bond donors (Lipinski definition) is 2. The molecule has 0 heterocycles. The van der Waals surface area contributed by atoms with E-state index in [9.17, 15) is 0 Å². The van der Waals surface area contributed by atoms with Crippen LogP contribution in [0.5, 0.6) is 0 Å². The number of rotatable bonds is 4. The predicted octanol–water partition coefficient (Wildman–Crippen LogP) is 2.60. The van der Waals surface area contributed by atoms with Crippen LogP contribution in [0.15, 0.2) is 18.2 Å². The highest BCUT2D eigenvalue weighted by atomic mass is 35.5. The van der Waals surface area contributed by atoms with Crippen LogP contribution in [0.2, 0.25) is 10.0 Å². The van der Waals surface area contributed by atoms with Crippen LogP contribution in [0.25, 0.3) is 0 Å². The number of nitrogens with two attached hydrogens (primary N) is 1. The van der Waals surface area contributed by atoms with Crippen LogP contribution in [-0.4, -0.2) is 13.6 Å². The summed E-state index contributed by atoms with van der Waals surface area (Å²) in [6, 6.07) is 5.52. The van der Waals surface area contributed by atoms with Crippen molar-refractivity contribution in [1.29, 1.82) is 0 Å². The van der Waals surface area contributed by atoms with Crippen molar-refractivity contribution in [1.82, 2.24) is 5.32 Å². The second-order valence-corrected chi connectivity index (χ2v) is 3.99. The van der Waals surface area contributed by atoms with E-state index in [0.717, 1.165) is 18.5 Å². The molecule has 0 saturated carbocycles. The van der Waals surface area contributed by atoms with Crippen LogP contribution in [0.1, 0.15) is 18.0 Å². The van der Waals surface area contributed by atoms with Crippen LogP contribution >= 0.6 is 23.2 Å². The molecule has 0 unspecified atom stereocenters. The largest absolute Gasteiger partial charge is 0.324 e. The fourth-order valence-corrected chi connectivity index (χ4v) is 1.52. The Morgan fingerprint density at radius 2 is 2.07 bits per heavy atom. The van der Waals surface area contributed by atoms with Crippen molar-refractivity contribution in [2.24, 2.45) is 5.73 Å². The first kappa shape index (κ1) is 11.8. The molecule has 1 aromatic carbocycles. The van der Waals surface area contributed by atoms with Crippen molar-refractivity contribution in [3.05, 3.63) is 33.8 Å². The molecule has 0 aliphatic heterocycles. The van der Waals surface area contributed by atoms with Crippen molar-refractivity contribution < 1.29 is 0 Å². The Hall–Kier alpha value is -0.280. The van der Waals surface area contributed by atoms with E-state index in [-0.39, 0.29) is 6.04 Å². The van der Waals surface area contributed by atoms with Crippen molar-refractivity contribution in [3.8, 4) is 0 Å². The van der Waals surface area contributed by atoms with E-state index in [4.69, 9.17) is 28.9 Å². The van der Waals surface area contributed by atoms with Gasteiger partial charge in [-0.3, -0.25) is 0 Å². The van der Waals surface area contributed by atoms with Crippen LogP contribution < -0.4 is 11.1 Å². The second-order valence-electron chi connectivity index (χ2n) is 3.17. The van der Waals surface area contributed by atoms with E-state index in [1.807, 2.05) is 19.2 Å². The molecule has 3 N–H and O–H groups in total. The Bertz CT molecular complexity index is 302. The zero-order valence-electron chi connectivity index (χ0n) is 8.06. The summed E-state index contributed by atoms with van der Waals surface area (Å²) in [5.74, 6) is 0. The molecule has 1 aromatic rings. The average molecular weight is 233 g/mol. The van der Waals surface area contributed by atoms with Gasteiger partial charge in [0.15, 0.2) is 0 Å². The summed E-state index contributed by atoms with van der Waals surface area (Å²) in [4.78, 5) is 0. The van der Waals surface area contributed by atoms with Crippen LogP contribution in [0, 0.1) is 0 Å². The van der Waals surface area contributed by atoms with Gasteiger partial charge in [-0.1, -0.05) is 29.3 Å². The van der Waals surface area contributed by atoms with Crippen LogP contribution in [0.3, 0.4) is 0 Å². The monoisotopic (exact) mass is 232 g/mol. The van der Waals surface area contributed by atoms with E-state index < -0.39 is 0 Å². The number of benzene rings is 1. The summed E-state index contributed by atoms with van der Waals surface area (Å²) < 4.78 is 0. The van der Waals surface area contributed by atoms with Crippen molar-refractivity contribution in [2.75, 3.05) is 13.6 Å². The molecule has 78 valence electrons. The topological polar surface area (TPSA) is 38.0 Å². The summed E-state index contributed by atoms with van der Waals surface area (Å²) in [5, 5.41) is 4.18. The minimum absolute atomic E-state index is 0.0113. The summed E-state index contributed by atoms with van der Waals surface area (Å²) in [6.07, 6.45) is 0.883. The summed E-state index contributed by atoms with van der Waals surface area (Å²) >= 11 is 11.7. The molecule has 0 radical (unpaired) electrons. The highest BCUT2D eigenvalue weighted by Crippen LogP contribution is 2.25. The van der Waals surface area contributed by atoms with Crippen LogP contribution in [-0.2, 0) is 0 Å². The van der Waals surface area contributed by atoms with Gasteiger partial charge in [0.05, 0.1) is 10.0 Å². The number of halogens is 2. The molecule has 2 nitrogen and oxygen atoms in total. The minimum Gasteiger partial charge on any atom is -0.324 e. The molecule has 0 aliphatic carbocycles. The Morgan fingerprint density at radius 3 is 2.64 bits per heavy atom. The third kappa shape index (κ3) is 3.14. The normalized spacial score (nSPS) is 12.9. The molecular weight excluding hydrogens is 219 g/mol. The Morgan fingerprint density at radius 1 is 1.36 bits per heavy atom. The Labute approximate surface area is 94.4 Å². The van der Waals surface area contributed by atoms with Crippen molar-refractivity contribution in [2.45, 2.75) is 12.5 Å². The van der Waals surface area contributed by atoms with Gasteiger partial charge in [-0.2, -0.15) is 0 Å². The van der Waals surface area contributed by atoms with Gasteiger partial charge < -0.3 is 11.1 Å². The summed E-state index contributed by atoms with van der Waals surface area (Å²) in [7, 11) is 1.90. The zero-order valence-corrected chi connectivity index (χ0v) is 9.57. The SMILES string of the molecule is CNCC[C@@H](N)c1ccc(Cl)c(Cl)c1. The lowest BCUT2D eigenvalue weighted by Crippen LogP contribution is -2.17. The van der Waals surface area contributed by atoms with Gasteiger partial charge in [-0.05, 0) is 37.7 Å². The maximum absolute atomic E-state index is 5.96. The predicted molar refractivity (Wildman–Crippen MR) is 61.9 cm³/mol. The number of nitrogens with one attached hydrogen (secondary N) is 1. The summed E-state index contributed by atoms with van der Waals surface area (Å²) in [6.45, 7) is 0.890. The van der Waals surface area contributed by atoms with Gasteiger partial charge in [0.2, 0.25) is 0 Å². The fourth-order valence-electron chi connectivity index (χ4n) is 1.21. The minimum atomic E-state index is 0.0113. The molecule has 0 bridgehead atoms. The van der Waals surface area contributed by atoms with Gasteiger partial charge >= 0.3 is 0 Å². The van der Waals surface area contributed by atoms with E-state index in [1.165, 1.54) is 0 Å². The molecule has 14 heavy (non-hydrogen) atoms. The lowest BCUT2D eigenvalue weighted by atomic mass is 10.1.